The fourth-order valence-electron chi connectivity index (χ4n) is 1.19. The van der Waals surface area contributed by atoms with Gasteiger partial charge in [0.1, 0.15) is 0 Å². The second-order valence-electron chi connectivity index (χ2n) is 2.65. The van der Waals surface area contributed by atoms with Crippen LogP contribution >= 0.6 is 0 Å². The number of hydrogen-bond acceptors (Lipinski definition) is 3. The number of primary amides is 2. The lowest BCUT2D eigenvalue weighted by molar-refractivity contribution is -0.120. The summed E-state index contributed by atoms with van der Waals surface area (Å²) in [6.07, 6.45) is 1.20. The second-order valence-corrected chi connectivity index (χ2v) is 2.65. The fraction of sp³-hybridized carbons (Fsp3) is 0.667. The molecule has 62 valence electrons. The Hall–Kier alpha value is -1.10. The van der Waals surface area contributed by atoms with E-state index in [1.807, 2.05) is 0 Å². The van der Waals surface area contributed by atoms with Gasteiger partial charge in [-0.05, 0) is 12.8 Å². The van der Waals surface area contributed by atoms with Crippen molar-refractivity contribution in [3.05, 3.63) is 0 Å². The highest BCUT2D eigenvalue weighted by molar-refractivity contribution is 5.84. The molecule has 1 saturated heterocycles. The van der Waals surface area contributed by atoms with E-state index in [1.165, 1.54) is 0 Å². The van der Waals surface area contributed by atoms with Crippen molar-refractivity contribution in [1.29, 1.82) is 0 Å². The van der Waals surface area contributed by atoms with E-state index in [9.17, 15) is 9.59 Å². The van der Waals surface area contributed by atoms with Gasteiger partial charge in [-0.15, -0.1) is 0 Å². The normalized spacial score (nSPS) is 30.2. The van der Waals surface area contributed by atoms with Crippen LogP contribution in [0.3, 0.4) is 0 Å². The molecule has 0 aliphatic carbocycles. The average Bonchev–Trinajstić information content (AvgIpc) is 2.33. The first-order chi connectivity index (χ1) is 5.11. The first-order valence-corrected chi connectivity index (χ1v) is 3.46. The summed E-state index contributed by atoms with van der Waals surface area (Å²) in [5, 5.41) is 2.74. The number of amides is 2. The van der Waals surface area contributed by atoms with Crippen LogP contribution in [0.4, 0.5) is 0 Å². The SMILES string of the molecule is NC(=O)C1CCC(C(N)=O)N1. The van der Waals surface area contributed by atoms with E-state index in [0.717, 1.165) is 0 Å². The van der Waals surface area contributed by atoms with Gasteiger partial charge in [0.15, 0.2) is 0 Å². The Morgan fingerprint density at radius 2 is 1.45 bits per heavy atom. The Morgan fingerprint density at radius 3 is 1.64 bits per heavy atom. The van der Waals surface area contributed by atoms with Gasteiger partial charge >= 0.3 is 0 Å². The van der Waals surface area contributed by atoms with Gasteiger partial charge < -0.3 is 11.5 Å². The van der Waals surface area contributed by atoms with Crippen molar-refractivity contribution in [2.24, 2.45) is 11.5 Å². The minimum absolute atomic E-state index is 0.382. The summed E-state index contributed by atoms with van der Waals surface area (Å²) in [5.74, 6) is -0.845. The van der Waals surface area contributed by atoms with Crippen LogP contribution in [0.5, 0.6) is 0 Å². The molecule has 5 N–H and O–H groups in total. The Labute approximate surface area is 64.1 Å². The molecule has 5 heteroatoms. The molecule has 5 nitrogen and oxygen atoms in total. The van der Waals surface area contributed by atoms with Gasteiger partial charge in [0.05, 0.1) is 12.1 Å². The van der Waals surface area contributed by atoms with Crippen molar-refractivity contribution in [1.82, 2.24) is 5.32 Å². The molecule has 1 rings (SSSR count). The largest absolute Gasteiger partial charge is 0.368 e. The summed E-state index contributed by atoms with van der Waals surface area (Å²) in [6.45, 7) is 0. The van der Waals surface area contributed by atoms with Gasteiger partial charge in [0.25, 0.3) is 0 Å². The molecule has 1 aliphatic heterocycles. The molecule has 0 saturated carbocycles. The maximum atomic E-state index is 10.6. The first kappa shape index (κ1) is 8.00. The van der Waals surface area contributed by atoms with E-state index in [-0.39, 0.29) is 12.1 Å². The zero-order valence-corrected chi connectivity index (χ0v) is 6.04. The summed E-state index contributed by atoms with van der Waals surface area (Å²) in [4.78, 5) is 21.2. The van der Waals surface area contributed by atoms with Crippen molar-refractivity contribution < 1.29 is 9.59 Å². The zero-order valence-electron chi connectivity index (χ0n) is 6.04. The summed E-state index contributed by atoms with van der Waals surface area (Å²) in [5.41, 5.74) is 10.0. The fourth-order valence-corrected chi connectivity index (χ4v) is 1.19. The monoisotopic (exact) mass is 157 g/mol. The number of rotatable bonds is 2. The summed E-state index contributed by atoms with van der Waals surface area (Å²) in [7, 11) is 0. The molecule has 1 fully saturated rings. The van der Waals surface area contributed by atoms with Crippen LogP contribution in [-0.2, 0) is 9.59 Å². The molecular weight excluding hydrogens is 146 g/mol. The third kappa shape index (κ3) is 1.68. The lowest BCUT2D eigenvalue weighted by Gasteiger charge is -2.07. The molecule has 0 spiro atoms. The van der Waals surface area contributed by atoms with Gasteiger partial charge in [-0.25, -0.2) is 0 Å². The lowest BCUT2D eigenvalue weighted by Crippen LogP contribution is -2.44. The molecule has 2 amide bonds. The molecule has 0 bridgehead atoms. The number of carbonyl (C=O) groups excluding carboxylic acids is 2. The molecule has 0 aromatic rings. The van der Waals surface area contributed by atoms with Gasteiger partial charge in [-0.1, -0.05) is 0 Å². The summed E-state index contributed by atoms with van der Waals surface area (Å²) in [6, 6.07) is -0.764. The third-order valence-corrected chi connectivity index (χ3v) is 1.83. The van der Waals surface area contributed by atoms with E-state index in [1.54, 1.807) is 0 Å². The second kappa shape index (κ2) is 2.87. The maximum Gasteiger partial charge on any atom is 0.234 e. The van der Waals surface area contributed by atoms with E-state index in [2.05, 4.69) is 5.32 Å². The average molecular weight is 157 g/mol. The molecule has 11 heavy (non-hydrogen) atoms. The predicted octanol–water partition coefficient (Wildman–Crippen LogP) is -1.92. The maximum absolute atomic E-state index is 10.6. The Morgan fingerprint density at radius 1 is 1.09 bits per heavy atom. The lowest BCUT2D eigenvalue weighted by atomic mass is 10.2. The van der Waals surface area contributed by atoms with E-state index >= 15 is 0 Å². The molecule has 2 unspecified atom stereocenters. The summed E-state index contributed by atoms with van der Waals surface area (Å²) < 4.78 is 0. The molecular formula is C6H11N3O2. The van der Waals surface area contributed by atoms with Crippen molar-refractivity contribution in [3.8, 4) is 0 Å². The Kier molecular flexibility index (Phi) is 2.09. The molecule has 0 aromatic heterocycles. The number of hydrogen-bond donors (Lipinski definition) is 3. The van der Waals surface area contributed by atoms with Crippen molar-refractivity contribution >= 4 is 11.8 Å². The number of nitrogens with two attached hydrogens (primary N) is 2. The third-order valence-electron chi connectivity index (χ3n) is 1.83. The molecule has 1 aliphatic rings. The van der Waals surface area contributed by atoms with Crippen LogP contribution in [0.1, 0.15) is 12.8 Å². The highest BCUT2D eigenvalue weighted by atomic mass is 16.2. The van der Waals surface area contributed by atoms with Crippen LogP contribution in [0.25, 0.3) is 0 Å². The van der Waals surface area contributed by atoms with Crippen molar-refractivity contribution in [2.75, 3.05) is 0 Å². The molecule has 2 atom stereocenters. The van der Waals surface area contributed by atoms with Gasteiger partial charge in [-0.2, -0.15) is 0 Å². The highest BCUT2D eigenvalue weighted by Gasteiger charge is 2.30. The first-order valence-electron chi connectivity index (χ1n) is 3.46. The van der Waals surface area contributed by atoms with Gasteiger partial charge in [0.2, 0.25) is 11.8 Å². The minimum Gasteiger partial charge on any atom is -0.368 e. The molecule has 0 radical (unpaired) electrons. The summed E-state index contributed by atoms with van der Waals surface area (Å²) >= 11 is 0. The molecule has 1 heterocycles. The highest BCUT2D eigenvalue weighted by Crippen LogP contribution is 2.10. The van der Waals surface area contributed by atoms with E-state index in [4.69, 9.17) is 11.5 Å². The van der Waals surface area contributed by atoms with Crippen molar-refractivity contribution in [3.63, 3.8) is 0 Å². The smallest absolute Gasteiger partial charge is 0.234 e. The molecule has 0 aromatic carbocycles. The van der Waals surface area contributed by atoms with E-state index in [0.29, 0.717) is 12.8 Å². The van der Waals surface area contributed by atoms with Gasteiger partial charge in [-0.3, -0.25) is 14.9 Å². The topological polar surface area (TPSA) is 98.2 Å². The Balaban J connectivity index is 2.47. The van der Waals surface area contributed by atoms with Crippen LogP contribution in [-0.4, -0.2) is 23.9 Å². The minimum atomic E-state index is -0.422. The van der Waals surface area contributed by atoms with Crippen molar-refractivity contribution in [2.45, 2.75) is 24.9 Å². The van der Waals surface area contributed by atoms with Gasteiger partial charge in [0, 0.05) is 0 Å². The zero-order chi connectivity index (χ0) is 8.43. The Bertz CT molecular complexity index is 172. The van der Waals surface area contributed by atoms with E-state index < -0.39 is 11.8 Å². The van der Waals surface area contributed by atoms with Crippen LogP contribution in [0.2, 0.25) is 0 Å². The quantitative estimate of drug-likeness (QED) is 0.435. The number of nitrogens with one attached hydrogen (secondary N) is 1. The van der Waals surface area contributed by atoms with Crippen LogP contribution in [0.15, 0.2) is 0 Å². The predicted molar refractivity (Wildman–Crippen MR) is 38.3 cm³/mol. The van der Waals surface area contributed by atoms with Crippen LogP contribution in [0, 0.1) is 0 Å². The standard InChI is InChI=1S/C6H11N3O2/c7-5(10)3-1-2-4(9-3)6(8)11/h3-4,9H,1-2H2,(H2,7,10)(H2,8,11). The van der Waals surface area contributed by atoms with Crippen LogP contribution < -0.4 is 16.8 Å². The number of carbonyl (C=O) groups is 2.